The molecule has 2 atom stereocenters. The van der Waals surface area contributed by atoms with Crippen LogP contribution in [0.15, 0.2) is 59.1 Å². The van der Waals surface area contributed by atoms with Crippen molar-refractivity contribution < 1.29 is 9.90 Å². The van der Waals surface area contributed by atoms with Crippen LogP contribution in [0.3, 0.4) is 0 Å². The average molecular weight is 483 g/mol. The van der Waals surface area contributed by atoms with Gasteiger partial charge in [-0.05, 0) is 48.8 Å². The minimum Gasteiger partial charge on any atom is -0.396 e. The third-order valence-electron chi connectivity index (χ3n) is 4.35. The number of aliphatic hydroxyl groups is 1. The second-order valence-electron chi connectivity index (χ2n) is 6.61. The molecule has 2 N–H and O–H groups in total. The van der Waals surface area contributed by atoms with E-state index in [1.54, 1.807) is 11.8 Å². The summed E-state index contributed by atoms with van der Waals surface area (Å²) in [5.74, 6) is 0.978. The Morgan fingerprint density at radius 1 is 1.11 bits per heavy atom. The molecule has 0 saturated carbocycles. The summed E-state index contributed by atoms with van der Waals surface area (Å²) in [7, 11) is 0. The van der Waals surface area contributed by atoms with E-state index in [9.17, 15) is 4.79 Å². The lowest BCUT2D eigenvalue weighted by molar-refractivity contribution is -0.121. The lowest BCUT2D eigenvalue weighted by Gasteiger charge is -2.20. The summed E-state index contributed by atoms with van der Waals surface area (Å²) in [6.07, 6.45) is 4.84. The number of benzene rings is 2. The standard InChI is InChI=1S/C22H28BrNO2S2/c1-27-22(8-5-13-25)24-21(26)15-20(14-17-9-11-19(23)12-10-17)28-16-18-6-3-2-4-7-18/h2-4,6-7,9-12,20,22,25H,5,8,13-16H2,1H3,(H,24,26). The van der Waals surface area contributed by atoms with Crippen LogP contribution in [0.1, 0.15) is 30.4 Å². The van der Waals surface area contributed by atoms with E-state index in [1.807, 2.05) is 36.2 Å². The molecule has 0 aliphatic carbocycles. The molecule has 0 aromatic heterocycles. The van der Waals surface area contributed by atoms with Gasteiger partial charge in [-0.1, -0.05) is 58.4 Å². The van der Waals surface area contributed by atoms with Gasteiger partial charge < -0.3 is 10.4 Å². The normalized spacial score (nSPS) is 13.1. The van der Waals surface area contributed by atoms with Gasteiger partial charge in [0.15, 0.2) is 0 Å². The zero-order valence-electron chi connectivity index (χ0n) is 16.1. The number of hydrogen-bond donors (Lipinski definition) is 2. The second kappa shape index (κ2) is 13.3. The summed E-state index contributed by atoms with van der Waals surface area (Å²) in [5, 5.41) is 12.4. The van der Waals surface area contributed by atoms with E-state index in [0.717, 1.165) is 23.1 Å². The molecule has 0 heterocycles. The molecule has 6 heteroatoms. The van der Waals surface area contributed by atoms with Crippen molar-refractivity contribution >= 4 is 45.4 Å². The Morgan fingerprint density at radius 3 is 2.46 bits per heavy atom. The Kier molecular flexibility index (Phi) is 11.1. The number of carbonyl (C=O) groups is 1. The fourth-order valence-electron chi connectivity index (χ4n) is 2.83. The van der Waals surface area contributed by atoms with E-state index in [-0.39, 0.29) is 23.1 Å². The van der Waals surface area contributed by atoms with Crippen LogP contribution in [0.2, 0.25) is 0 Å². The van der Waals surface area contributed by atoms with Crippen LogP contribution < -0.4 is 5.32 Å². The van der Waals surface area contributed by atoms with Crippen LogP contribution in [-0.2, 0) is 17.0 Å². The van der Waals surface area contributed by atoms with Gasteiger partial charge in [0, 0.05) is 28.5 Å². The summed E-state index contributed by atoms with van der Waals surface area (Å²) in [6.45, 7) is 0.159. The lowest BCUT2D eigenvalue weighted by Crippen LogP contribution is -2.34. The summed E-state index contributed by atoms with van der Waals surface area (Å²) in [4.78, 5) is 12.6. The molecule has 0 spiro atoms. The fraction of sp³-hybridized carbons (Fsp3) is 0.409. The molecule has 0 bridgehead atoms. The second-order valence-corrected chi connectivity index (χ2v) is 9.86. The van der Waals surface area contributed by atoms with E-state index in [0.29, 0.717) is 12.8 Å². The molecular formula is C22H28BrNO2S2. The van der Waals surface area contributed by atoms with Crippen molar-refractivity contribution in [2.45, 2.75) is 42.1 Å². The first-order chi connectivity index (χ1) is 13.6. The van der Waals surface area contributed by atoms with E-state index < -0.39 is 0 Å². The maximum Gasteiger partial charge on any atom is 0.221 e. The third-order valence-corrected chi connectivity index (χ3v) is 7.11. The van der Waals surface area contributed by atoms with Crippen LogP contribution in [0.4, 0.5) is 0 Å². The minimum atomic E-state index is 0.0621. The molecule has 28 heavy (non-hydrogen) atoms. The van der Waals surface area contributed by atoms with Gasteiger partial charge in [-0.2, -0.15) is 11.8 Å². The summed E-state index contributed by atoms with van der Waals surface area (Å²) in [5.41, 5.74) is 2.52. The summed E-state index contributed by atoms with van der Waals surface area (Å²) in [6, 6.07) is 18.7. The molecule has 2 rings (SSSR count). The van der Waals surface area contributed by atoms with E-state index in [4.69, 9.17) is 5.11 Å². The molecule has 152 valence electrons. The molecule has 0 radical (unpaired) electrons. The zero-order valence-corrected chi connectivity index (χ0v) is 19.4. The first-order valence-corrected chi connectivity index (χ1v) is 12.6. The highest BCUT2D eigenvalue weighted by Crippen LogP contribution is 2.25. The number of nitrogens with one attached hydrogen (secondary N) is 1. The highest BCUT2D eigenvalue weighted by molar-refractivity contribution is 9.10. The molecule has 0 fully saturated rings. The van der Waals surface area contributed by atoms with Crippen LogP contribution in [0.5, 0.6) is 0 Å². The van der Waals surface area contributed by atoms with Gasteiger partial charge in [-0.25, -0.2) is 0 Å². The Hall–Kier alpha value is -0.950. The van der Waals surface area contributed by atoms with Crippen LogP contribution in [-0.4, -0.2) is 34.5 Å². The molecule has 0 aliphatic heterocycles. The predicted octanol–water partition coefficient (Wildman–Crippen LogP) is 5.26. The molecule has 2 aromatic carbocycles. The molecule has 2 aromatic rings. The van der Waals surface area contributed by atoms with Crippen LogP contribution in [0, 0.1) is 0 Å². The third kappa shape index (κ3) is 9.03. The summed E-state index contributed by atoms with van der Waals surface area (Å²) < 4.78 is 1.06. The first kappa shape index (κ1) is 23.3. The molecule has 3 nitrogen and oxygen atoms in total. The average Bonchev–Trinajstić information content (AvgIpc) is 2.71. The minimum absolute atomic E-state index is 0.0621. The van der Waals surface area contributed by atoms with Gasteiger partial charge in [0.25, 0.3) is 0 Å². The zero-order chi connectivity index (χ0) is 20.2. The van der Waals surface area contributed by atoms with Gasteiger partial charge in [0.2, 0.25) is 5.91 Å². The van der Waals surface area contributed by atoms with Crippen LogP contribution >= 0.6 is 39.5 Å². The summed E-state index contributed by atoms with van der Waals surface area (Å²) >= 11 is 6.94. The van der Waals surface area contributed by atoms with E-state index in [1.165, 1.54) is 11.1 Å². The monoisotopic (exact) mass is 481 g/mol. The molecule has 2 unspecified atom stereocenters. The topological polar surface area (TPSA) is 49.3 Å². The highest BCUT2D eigenvalue weighted by atomic mass is 79.9. The smallest absolute Gasteiger partial charge is 0.221 e. The van der Waals surface area contributed by atoms with Crippen molar-refractivity contribution in [3.63, 3.8) is 0 Å². The van der Waals surface area contributed by atoms with Crippen molar-refractivity contribution in [2.75, 3.05) is 12.9 Å². The Bertz CT molecular complexity index is 697. The molecule has 0 aliphatic rings. The van der Waals surface area contributed by atoms with Crippen molar-refractivity contribution in [1.82, 2.24) is 5.32 Å². The van der Waals surface area contributed by atoms with Crippen LogP contribution in [0.25, 0.3) is 0 Å². The van der Waals surface area contributed by atoms with Crippen molar-refractivity contribution in [3.05, 3.63) is 70.2 Å². The Morgan fingerprint density at radius 2 is 1.82 bits per heavy atom. The maximum atomic E-state index is 12.6. The fourth-order valence-corrected chi connectivity index (χ4v) is 4.95. The van der Waals surface area contributed by atoms with Gasteiger partial charge in [-0.15, -0.1) is 11.8 Å². The van der Waals surface area contributed by atoms with E-state index in [2.05, 4.69) is 57.6 Å². The number of carbonyl (C=O) groups excluding carboxylic acids is 1. The van der Waals surface area contributed by atoms with Crippen molar-refractivity contribution in [3.8, 4) is 0 Å². The number of halogens is 1. The van der Waals surface area contributed by atoms with Gasteiger partial charge in [0.1, 0.15) is 0 Å². The highest BCUT2D eigenvalue weighted by Gasteiger charge is 2.18. The molecular weight excluding hydrogens is 454 g/mol. The number of hydrogen-bond acceptors (Lipinski definition) is 4. The molecule has 0 saturated heterocycles. The van der Waals surface area contributed by atoms with Crippen molar-refractivity contribution in [1.29, 1.82) is 0 Å². The number of thioether (sulfide) groups is 2. The van der Waals surface area contributed by atoms with E-state index >= 15 is 0 Å². The Labute approximate surface area is 185 Å². The van der Waals surface area contributed by atoms with Gasteiger partial charge >= 0.3 is 0 Å². The molecule has 1 amide bonds. The number of amides is 1. The van der Waals surface area contributed by atoms with Gasteiger partial charge in [0.05, 0.1) is 5.37 Å². The maximum absolute atomic E-state index is 12.6. The number of aliphatic hydroxyl groups excluding tert-OH is 1. The first-order valence-electron chi connectivity index (χ1n) is 9.43. The number of rotatable bonds is 12. The Balaban J connectivity index is 1.97. The van der Waals surface area contributed by atoms with Gasteiger partial charge in [-0.3, -0.25) is 4.79 Å². The SMILES string of the molecule is CSC(CCCO)NC(=O)CC(Cc1ccc(Br)cc1)SCc1ccccc1. The lowest BCUT2D eigenvalue weighted by atomic mass is 10.1. The van der Waals surface area contributed by atoms with Crippen molar-refractivity contribution in [2.24, 2.45) is 0 Å². The largest absolute Gasteiger partial charge is 0.396 e. The quantitative estimate of drug-likeness (QED) is 0.405. The predicted molar refractivity (Wildman–Crippen MR) is 126 cm³/mol.